The van der Waals surface area contributed by atoms with E-state index in [9.17, 15) is 9.59 Å². The molecule has 0 aliphatic carbocycles. The molecule has 0 radical (unpaired) electrons. The molecule has 2 amide bonds. The minimum Gasteiger partial charge on any atom is -0.497 e. The lowest BCUT2D eigenvalue weighted by Crippen LogP contribution is -2.36. The molecule has 0 unspecified atom stereocenters. The van der Waals surface area contributed by atoms with Crippen LogP contribution in [0.5, 0.6) is 5.75 Å². The Hall–Kier alpha value is -3.04. The van der Waals surface area contributed by atoms with E-state index in [1.807, 2.05) is 35.9 Å². The molecule has 8 nitrogen and oxygen atoms in total. The number of methoxy groups -OCH3 is 1. The van der Waals surface area contributed by atoms with E-state index in [4.69, 9.17) is 16.3 Å². The zero-order valence-corrected chi connectivity index (χ0v) is 18.9. The average Bonchev–Trinajstić information content (AvgIpc) is 3.13. The van der Waals surface area contributed by atoms with Gasteiger partial charge < -0.3 is 19.5 Å². The fourth-order valence-electron chi connectivity index (χ4n) is 2.72. The third-order valence-corrected chi connectivity index (χ3v) is 5.80. The van der Waals surface area contributed by atoms with Gasteiger partial charge in [0.05, 0.1) is 30.1 Å². The quantitative estimate of drug-likeness (QED) is 0.520. The summed E-state index contributed by atoms with van der Waals surface area (Å²) in [4.78, 5) is 26.0. The molecule has 0 aliphatic rings. The average molecular weight is 460 g/mol. The van der Waals surface area contributed by atoms with Crippen LogP contribution in [-0.2, 0) is 16.6 Å². The topological polar surface area (TPSA) is 89.4 Å². The highest BCUT2D eigenvalue weighted by atomic mass is 35.5. The van der Waals surface area contributed by atoms with Gasteiger partial charge in [-0.25, -0.2) is 0 Å². The van der Waals surface area contributed by atoms with Crippen molar-refractivity contribution in [2.24, 2.45) is 7.05 Å². The second-order valence-corrected chi connectivity index (χ2v) is 8.01. The van der Waals surface area contributed by atoms with Crippen LogP contribution in [0.2, 0.25) is 5.02 Å². The van der Waals surface area contributed by atoms with Gasteiger partial charge in [0, 0.05) is 19.7 Å². The van der Waals surface area contributed by atoms with E-state index in [0.29, 0.717) is 21.7 Å². The molecule has 3 rings (SSSR count). The Bertz CT molecular complexity index is 1070. The van der Waals surface area contributed by atoms with E-state index < -0.39 is 0 Å². The molecule has 0 fully saturated rings. The molecule has 1 N–H and O–H groups in total. The van der Waals surface area contributed by atoms with Crippen molar-refractivity contribution < 1.29 is 14.3 Å². The summed E-state index contributed by atoms with van der Waals surface area (Å²) in [5, 5.41) is 12.1. The molecule has 0 spiro atoms. The number of benzene rings is 2. The summed E-state index contributed by atoms with van der Waals surface area (Å²) in [6, 6.07) is 14.4. The van der Waals surface area contributed by atoms with Gasteiger partial charge in [0.2, 0.25) is 11.8 Å². The highest BCUT2D eigenvalue weighted by molar-refractivity contribution is 7.99. The summed E-state index contributed by atoms with van der Waals surface area (Å²) in [6.07, 6.45) is 0. The summed E-state index contributed by atoms with van der Waals surface area (Å²) in [5.74, 6) is 1.05. The summed E-state index contributed by atoms with van der Waals surface area (Å²) in [7, 11) is 5.03. The van der Waals surface area contributed by atoms with Gasteiger partial charge >= 0.3 is 0 Å². The normalized spacial score (nSPS) is 10.6. The van der Waals surface area contributed by atoms with Crippen molar-refractivity contribution in [2.75, 3.05) is 31.8 Å². The number of halogens is 1. The molecule has 3 aromatic rings. The van der Waals surface area contributed by atoms with Gasteiger partial charge in [-0.05, 0) is 36.4 Å². The Balaban J connectivity index is 1.54. The lowest BCUT2D eigenvalue weighted by atomic mass is 10.2. The number of rotatable bonds is 8. The van der Waals surface area contributed by atoms with Crippen LogP contribution in [0.15, 0.2) is 53.7 Å². The highest BCUT2D eigenvalue weighted by Crippen LogP contribution is 2.24. The molecule has 0 saturated carbocycles. The van der Waals surface area contributed by atoms with Crippen LogP contribution in [0.3, 0.4) is 0 Å². The van der Waals surface area contributed by atoms with Crippen LogP contribution in [0.4, 0.5) is 5.69 Å². The number of ether oxygens (including phenoxy) is 1. The third-order valence-electron chi connectivity index (χ3n) is 4.46. The maximum Gasteiger partial charge on any atom is 0.244 e. The summed E-state index contributed by atoms with van der Waals surface area (Å²) >= 11 is 7.30. The molecule has 1 aromatic heterocycles. The molecule has 31 heavy (non-hydrogen) atoms. The van der Waals surface area contributed by atoms with Crippen LogP contribution >= 0.6 is 23.4 Å². The first-order chi connectivity index (χ1) is 14.9. The Morgan fingerprint density at radius 1 is 1.16 bits per heavy atom. The van der Waals surface area contributed by atoms with Crippen molar-refractivity contribution in [3.8, 4) is 17.1 Å². The van der Waals surface area contributed by atoms with Gasteiger partial charge in [-0.15, -0.1) is 10.2 Å². The van der Waals surface area contributed by atoms with E-state index in [2.05, 4.69) is 15.5 Å². The van der Waals surface area contributed by atoms with Crippen LogP contribution in [-0.4, -0.2) is 57.9 Å². The standard InChI is InChI=1S/C21H22ClN5O3S/c1-26(12-18(28)23-17-7-5-4-6-16(17)22)19(29)13-31-21-25-24-20(27(21)2)14-8-10-15(30-3)11-9-14/h4-11H,12-13H2,1-3H3,(H,23,28). The Kier molecular flexibility index (Phi) is 7.54. The molecular weight excluding hydrogens is 438 g/mol. The van der Waals surface area contributed by atoms with Gasteiger partial charge in [0.15, 0.2) is 11.0 Å². The molecule has 0 bridgehead atoms. The van der Waals surface area contributed by atoms with Gasteiger partial charge in [0.1, 0.15) is 5.75 Å². The first-order valence-electron chi connectivity index (χ1n) is 9.34. The van der Waals surface area contributed by atoms with Crippen LogP contribution in [0, 0.1) is 0 Å². The fraction of sp³-hybridized carbons (Fsp3) is 0.238. The molecule has 1 heterocycles. The molecule has 10 heteroatoms. The van der Waals surface area contributed by atoms with Crippen molar-refractivity contribution in [3.05, 3.63) is 53.6 Å². The number of nitrogens with zero attached hydrogens (tertiary/aromatic N) is 4. The number of likely N-dealkylation sites (N-methyl/N-ethyl adjacent to an activating group) is 1. The molecule has 0 saturated heterocycles. The number of carbonyl (C=O) groups is 2. The van der Waals surface area contributed by atoms with Gasteiger partial charge in [0.25, 0.3) is 0 Å². The minimum atomic E-state index is -0.325. The highest BCUT2D eigenvalue weighted by Gasteiger charge is 2.17. The van der Waals surface area contributed by atoms with Crippen molar-refractivity contribution in [1.29, 1.82) is 0 Å². The zero-order valence-electron chi connectivity index (χ0n) is 17.3. The number of thioether (sulfide) groups is 1. The number of anilines is 1. The fourth-order valence-corrected chi connectivity index (χ4v) is 3.76. The van der Waals surface area contributed by atoms with E-state index >= 15 is 0 Å². The van der Waals surface area contributed by atoms with Crippen molar-refractivity contribution in [2.45, 2.75) is 5.16 Å². The molecule has 0 atom stereocenters. The van der Waals surface area contributed by atoms with E-state index in [-0.39, 0.29) is 24.1 Å². The first kappa shape index (κ1) is 22.6. The number of nitrogens with one attached hydrogen (secondary N) is 1. The third kappa shape index (κ3) is 5.77. The number of amides is 2. The largest absolute Gasteiger partial charge is 0.497 e. The van der Waals surface area contributed by atoms with Crippen molar-refractivity contribution >= 4 is 40.9 Å². The Labute approximate surface area is 189 Å². The van der Waals surface area contributed by atoms with Gasteiger partial charge in [-0.2, -0.15) is 0 Å². The number of aromatic nitrogens is 3. The van der Waals surface area contributed by atoms with E-state index in [1.54, 1.807) is 38.4 Å². The number of para-hydroxylation sites is 1. The monoisotopic (exact) mass is 459 g/mol. The van der Waals surface area contributed by atoms with Gasteiger partial charge in [-0.3, -0.25) is 9.59 Å². The summed E-state index contributed by atoms with van der Waals surface area (Å²) < 4.78 is 6.99. The maximum atomic E-state index is 12.5. The Morgan fingerprint density at radius 2 is 1.87 bits per heavy atom. The predicted octanol–water partition coefficient (Wildman–Crippen LogP) is 3.33. The van der Waals surface area contributed by atoms with E-state index in [1.165, 1.54) is 16.7 Å². The smallest absolute Gasteiger partial charge is 0.244 e. The maximum absolute atomic E-state index is 12.5. The van der Waals surface area contributed by atoms with Crippen molar-refractivity contribution in [3.63, 3.8) is 0 Å². The predicted molar refractivity (Wildman–Crippen MR) is 121 cm³/mol. The van der Waals surface area contributed by atoms with Crippen molar-refractivity contribution in [1.82, 2.24) is 19.7 Å². The van der Waals surface area contributed by atoms with Crippen LogP contribution < -0.4 is 10.1 Å². The molecule has 2 aromatic carbocycles. The first-order valence-corrected chi connectivity index (χ1v) is 10.7. The second kappa shape index (κ2) is 10.3. The number of hydrogen-bond donors (Lipinski definition) is 1. The Morgan fingerprint density at radius 3 is 2.55 bits per heavy atom. The van der Waals surface area contributed by atoms with Crippen LogP contribution in [0.25, 0.3) is 11.4 Å². The minimum absolute atomic E-state index is 0.0828. The second-order valence-electron chi connectivity index (χ2n) is 6.66. The van der Waals surface area contributed by atoms with Crippen LogP contribution in [0.1, 0.15) is 0 Å². The summed E-state index contributed by atoms with van der Waals surface area (Å²) in [6.45, 7) is -0.0828. The number of carbonyl (C=O) groups excluding carboxylic acids is 2. The summed E-state index contributed by atoms with van der Waals surface area (Å²) in [5.41, 5.74) is 1.40. The van der Waals surface area contributed by atoms with Gasteiger partial charge in [-0.1, -0.05) is 35.5 Å². The SMILES string of the molecule is COc1ccc(-c2nnc(SCC(=O)N(C)CC(=O)Nc3ccccc3Cl)n2C)cc1. The van der Waals surface area contributed by atoms with E-state index in [0.717, 1.165) is 11.3 Å². The zero-order chi connectivity index (χ0) is 22.4. The molecule has 0 aliphatic heterocycles. The molecular formula is C21H22ClN5O3S. The number of hydrogen-bond acceptors (Lipinski definition) is 6. The lowest BCUT2D eigenvalue weighted by molar-refractivity contribution is -0.131. The molecule has 162 valence electrons. The lowest BCUT2D eigenvalue weighted by Gasteiger charge is -2.16.